The lowest BCUT2D eigenvalue weighted by atomic mass is 10.2. The number of hydrogen-bond acceptors (Lipinski definition) is 2. The summed E-state index contributed by atoms with van der Waals surface area (Å²) in [4.78, 5) is 1.99. The van der Waals surface area contributed by atoms with Crippen LogP contribution >= 0.6 is 11.6 Å². The van der Waals surface area contributed by atoms with Crippen LogP contribution in [0.25, 0.3) is 0 Å². The number of aliphatic hydroxyl groups excluding tert-OH is 1. The maximum Gasteiger partial charge on any atom is 0.0606 e. The first kappa shape index (κ1) is 10.4. The van der Waals surface area contributed by atoms with Gasteiger partial charge in [-0.2, -0.15) is 0 Å². The second kappa shape index (κ2) is 4.49. The molecular weight excluding hydrogens is 186 g/mol. The van der Waals surface area contributed by atoms with E-state index in [1.54, 1.807) is 0 Å². The van der Waals surface area contributed by atoms with Gasteiger partial charge in [0.05, 0.1) is 6.61 Å². The molecule has 0 radical (unpaired) electrons. The Kier molecular flexibility index (Phi) is 3.58. The van der Waals surface area contributed by atoms with E-state index >= 15 is 0 Å². The van der Waals surface area contributed by atoms with Crippen molar-refractivity contribution in [3.05, 3.63) is 28.8 Å². The Morgan fingerprint density at radius 2 is 2.15 bits per heavy atom. The minimum atomic E-state index is 0.155. The molecule has 0 aliphatic rings. The van der Waals surface area contributed by atoms with Gasteiger partial charge in [0.15, 0.2) is 0 Å². The van der Waals surface area contributed by atoms with Crippen molar-refractivity contribution in [2.45, 2.75) is 6.92 Å². The predicted octanol–water partition coefficient (Wildman–Crippen LogP) is 2.08. The van der Waals surface area contributed by atoms with Gasteiger partial charge >= 0.3 is 0 Å². The molecule has 0 saturated heterocycles. The molecule has 13 heavy (non-hydrogen) atoms. The highest BCUT2D eigenvalue weighted by Crippen LogP contribution is 2.25. The summed E-state index contributed by atoms with van der Waals surface area (Å²) in [6.07, 6.45) is 0. The van der Waals surface area contributed by atoms with E-state index in [9.17, 15) is 0 Å². The normalized spacial score (nSPS) is 10.2. The maximum atomic E-state index is 8.78. The van der Waals surface area contributed by atoms with Gasteiger partial charge in [-0.3, -0.25) is 0 Å². The second-order valence-electron chi connectivity index (χ2n) is 3.03. The molecule has 1 aromatic rings. The molecule has 1 N–H and O–H groups in total. The Morgan fingerprint density at radius 1 is 1.46 bits per heavy atom. The third-order valence-electron chi connectivity index (χ3n) is 2.09. The molecule has 0 saturated carbocycles. The van der Waals surface area contributed by atoms with Crippen molar-refractivity contribution in [2.75, 3.05) is 25.1 Å². The first-order valence-corrected chi connectivity index (χ1v) is 4.61. The van der Waals surface area contributed by atoms with E-state index in [0.29, 0.717) is 6.54 Å². The number of hydrogen-bond donors (Lipinski definition) is 1. The van der Waals surface area contributed by atoms with Crippen LogP contribution in [0.15, 0.2) is 18.2 Å². The number of halogens is 1. The highest BCUT2D eigenvalue weighted by Gasteiger charge is 2.05. The summed E-state index contributed by atoms with van der Waals surface area (Å²) in [5.74, 6) is 0. The van der Waals surface area contributed by atoms with Gasteiger partial charge < -0.3 is 10.0 Å². The average molecular weight is 200 g/mol. The highest BCUT2D eigenvalue weighted by atomic mass is 35.5. The molecule has 0 spiro atoms. The topological polar surface area (TPSA) is 23.5 Å². The maximum absolute atomic E-state index is 8.78. The lowest BCUT2D eigenvalue weighted by molar-refractivity contribution is 0.304. The number of likely N-dealkylation sites (N-methyl/N-ethyl adjacent to an activating group) is 1. The molecule has 0 unspecified atom stereocenters. The van der Waals surface area contributed by atoms with Crippen LogP contribution in [0.1, 0.15) is 5.56 Å². The van der Waals surface area contributed by atoms with E-state index in [1.165, 1.54) is 0 Å². The Hall–Kier alpha value is -0.730. The van der Waals surface area contributed by atoms with Gasteiger partial charge in [-0.1, -0.05) is 17.7 Å². The van der Waals surface area contributed by atoms with Crippen LogP contribution in [0.2, 0.25) is 5.02 Å². The minimum Gasteiger partial charge on any atom is -0.395 e. The Balaban J connectivity index is 2.93. The molecule has 0 bridgehead atoms. The molecule has 0 amide bonds. The molecule has 0 atom stereocenters. The fourth-order valence-electron chi connectivity index (χ4n) is 1.28. The van der Waals surface area contributed by atoms with E-state index in [2.05, 4.69) is 0 Å². The van der Waals surface area contributed by atoms with Crippen molar-refractivity contribution < 1.29 is 5.11 Å². The number of rotatable bonds is 3. The minimum absolute atomic E-state index is 0.155. The highest BCUT2D eigenvalue weighted by molar-refractivity contribution is 6.31. The fourth-order valence-corrected chi connectivity index (χ4v) is 1.45. The second-order valence-corrected chi connectivity index (χ2v) is 3.44. The van der Waals surface area contributed by atoms with Crippen LogP contribution in [0.5, 0.6) is 0 Å². The summed E-state index contributed by atoms with van der Waals surface area (Å²) >= 11 is 5.97. The molecule has 0 aromatic heterocycles. The zero-order valence-electron chi connectivity index (χ0n) is 7.92. The largest absolute Gasteiger partial charge is 0.395 e. The van der Waals surface area contributed by atoms with E-state index in [1.807, 2.05) is 37.1 Å². The van der Waals surface area contributed by atoms with Gasteiger partial charge in [0.1, 0.15) is 0 Å². The zero-order valence-corrected chi connectivity index (χ0v) is 8.67. The van der Waals surface area contributed by atoms with Gasteiger partial charge in [0.2, 0.25) is 0 Å². The SMILES string of the molecule is Cc1c(Cl)cccc1N(C)CCO. The van der Waals surface area contributed by atoms with Gasteiger partial charge in [-0.15, -0.1) is 0 Å². The first-order valence-electron chi connectivity index (χ1n) is 4.24. The average Bonchev–Trinajstić information content (AvgIpc) is 2.10. The summed E-state index contributed by atoms with van der Waals surface area (Å²) in [6, 6.07) is 5.78. The Bertz CT molecular complexity index is 288. The van der Waals surface area contributed by atoms with E-state index in [4.69, 9.17) is 16.7 Å². The number of anilines is 1. The van der Waals surface area contributed by atoms with E-state index < -0.39 is 0 Å². The number of aliphatic hydroxyl groups is 1. The zero-order chi connectivity index (χ0) is 9.84. The summed E-state index contributed by atoms with van der Waals surface area (Å²) in [7, 11) is 1.94. The molecule has 2 nitrogen and oxygen atoms in total. The van der Waals surface area contributed by atoms with Gasteiger partial charge in [0.25, 0.3) is 0 Å². The van der Waals surface area contributed by atoms with E-state index in [-0.39, 0.29) is 6.61 Å². The molecule has 0 fully saturated rings. The predicted molar refractivity (Wildman–Crippen MR) is 56.5 cm³/mol. The summed E-state index contributed by atoms with van der Waals surface area (Å²) in [5, 5.41) is 9.55. The van der Waals surface area contributed by atoms with Crippen LogP contribution < -0.4 is 4.90 Å². The van der Waals surface area contributed by atoms with Gasteiger partial charge in [0, 0.05) is 24.3 Å². The molecule has 0 heterocycles. The van der Waals surface area contributed by atoms with Crippen LogP contribution in [0.4, 0.5) is 5.69 Å². The molecule has 72 valence electrons. The van der Waals surface area contributed by atoms with Crippen molar-refractivity contribution in [2.24, 2.45) is 0 Å². The third-order valence-corrected chi connectivity index (χ3v) is 2.50. The third kappa shape index (κ3) is 2.36. The molecule has 3 heteroatoms. The number of benzene rings is 1. The smallest absolute Gasteiger partial charge is 0.0606 e. The number of nitrogens with zero attached hydrogens (tertiary/aromatic N) is 1. The molecule has 1 rings (SSSR count). The van der Waals surface area contributed by atoms with Crippen LogP contribution in [-0.4, -0.2) is 25.3 Å². The van der Waals surface area contributed by atoms with Crippen LogP contribution in [-0.2, 0) is 0 Å². The monoisotopic (exact) mass is 199 g/mol. The van der Waals surface area contributed by atoms with Crippen LogP contribution in [0.3, 0.4) is 0 Å². The van der Waals surface area contributed by atoms with Gasteiger partial charge in [-0.05, 0) is 24.6 Å². The van der Waals surface area contributed by atoms with Crippen molar-refractivity contribution >= 4 is 17.3 Å². The fraction of sp³-hybridized carbons (Fsp3) is 0.400. The van der Waals surface area contributed by atoms with Crippen LogP contribution in [0, 0.1) is 6.92 Å². The van der Waals surface area contributed by atoms with Crippen molar-refractivity contribution in [1.29, 1.82) is 0 Å². The Labute approximate surface area is 83.7 Å². The van der Waals surface area contributed by atoms with Crippen molar-refractivity contribution in [3.63, 3.8) is 0 Å². The Morgan fingerprint density at radius 3 is 2.77 bits per heavy atom. The summed E-state index contributed by atoms with van der Waals surface area (Å²) in [5.41, 5.74) is 2.13. The molecule has 0 aliphatic carbocycles. The standard InChI is InChI=1S/C10H14ClNO/c1-8-9(11)4-3-5-10(8)12(2)6-7-13/h3-5,13H,6-7H2,1-2H3. The lowest BCUT2D eigenvalue weighted by Crippen LogP contribution is -2.21. The quantitative estimate of drug-likeness (QED) is 0.806. The molecular formula is C10H14ClNO. The molecule has 0 aliphatic heterocycles. The lowest BCUT2D eigenvalue weighted by Gasteiger charge is -2.20. The van der Waals surface area contributed by atoms with E-state index in [0.717, 1.165) is 16.3 Å². The summed E-state index contributed by atoms with van der Waals surface area (Å²) in [6.45, 7) is 2.76. The summed E-state index contributed by atoms with van der Waals surface area (Å²) < 4.78 is 0. The van der Waals surface area contributed by atoms with Crippen molar-refractivity contribution in [3.8, 4) is 0 Å². The van der Waals surface area contributed by atoms with Gasteiger partial charge in [-0.25, -0.2) is 0 Å². The van der Waals surface area contributed by atoms with Crippen molar-refractivity contribution in [1.82, 2.24) is 0 Å². The first-order chi connectivity index (χ1) is 6.16. The molecule has 1 aromatic carbocycles.